The fourth-order valence-corrected chi connectivity index (χ4v) is 3.27. The van der Waals surface area contributed by atoms with Crippen molar-refractivity contribution >= 4 is 29.5 Å². The third-order valence-electron chi connectivity index (χ3n) is 4.63. The highest BCUT2D eigenvalue weighted by molar-refractivity contribution is 6.54. The lowest BCUT2D eigenvalue weighted by atomic mass is 9.84. The van der Waals surface area contributed by atoms with Crippen LogP contribution in [-0.4, -0.2) is 41.0 Å². The van der Waals surface area contributed by atoms with Crippen molar-refractivity contribution in [2.45, 2.75) is 32.7 Å². The van der Waals surface area contributed by atoms with Gasteiger partial charge in [0.05, 0.1) is 16.6 Å². The molecule has 1 amide bonds. The summed E-state index contributed by atoms with van der Waals surface area (Å²) in [7, 11) is 0. The van der Waals surface area contributed by atoms with Crippen LogP contribution in [0.3, 0.4) is 0 Å². The maximum absolute atomic E-state index is 12.1. The van der Waals surface area contributed by atoms with Gasteiger partial charge in [-0.25, -0.2) is 0 Å². The summed E-state index contributed by atoms with van der Waals surface area (Å²) in [5.74, 6) is -1.12. The van der Waals surface area contributed by atoms with Gasteiger partial charge in [0.25, 0.3) is 5.91 Å². The van der Waals surface area contributed by atoms with E-state index in [1.807, 2.05) is 32.0 Å². The van der Waals surface area contributed by atoms with Crippen LogP contribution < -0.4 is 10.6 Å². The van der Waals surface area contributed by atoms with Crippen LogP contribution in [0.5, 0.6) is 0 Å². The molecule has 0 spiro atoms. The smallest absolute Gasteiger partial charge is 0.310 e. The van der Waals surface area contributed by atoms with E-state index in [1.165, 1.54) is 0 Å². The molecule has 2 heterocycles. The molecule has 7 nitrogen and oxygen atoms in total. The molecular formula is C17H20N4O3. The molecule has 3 rings (SSSR count). The number of anilines is 1. The Hall–Kier alpha value is -2.54. The van der Waals surface area contributed by atoms with Gasteiger partial charge in [0, 0.05) is 18.3 Å². The molecule has 1 fully saturated rings. The average molecular weight is 328 g/mol. The monoisotopic (exact) mass is 328 g/mol. The molecule has 2 atom stereocenters. The molecule has 2 aliphatic heterocycles. The number of carbonyl (C=O) groups excluding carboxylic acids is 1. The molecule has 0 aliphatic carbocycles. The number of nitrogens with one attached hydrogen (secondary N) is 2. The molecule has 126 valence electrons. The van der Waals surface area contributed by atoms with Gasteiger partial charge in [-0.2, -0.15) is 5.10 Å². The van der Waals surface area contributed by atoms with Gasteiger partial charge in [0.15, 0.2) is 5.71 Å². The molecule has 0 radical (unpaired) electrons. The fraction of sp³-hybridized carbons (Fsp3) is 0.412. The Bertz CT molecular complexity index is 786. The highest BCUT2D eigenvalue weighted by atomic mass is 16.4. The lowest BCUT2D eigenvalue weighted by molar-refractivity contribution is -0.146. The van der Waals surface area contributed by atoms with Gasteiger partial charge in [-0.15, -0.1) is 5.10 Å². The standard InChI is InChI=1S/C17H20N4O3/c1-10-5-4-6-11-12(10)13(14(22)20-11)21-19-9-17(3)7-16(2,8-18-17)15(23)24/h4-6,9,18H,7-8H2,1-3H3,(H,23,24)(H,20,21,22)/b19-9+. The number of aryl methyl sites for hydroxylation is 1. The molecular weight excluding hydrogens is 308 g/mol. The molecule has 1 saturated heterocycles. The molecule has 1 aromatic rings. The molecule has 3 N–H and O–H groups in total. The van der Waals surface area contributed by atoms with Gasteiger partial charge in [-0.05, 0) is 38.8 Å². The number of benzene rings is 1. The highest BCUT2D eigenvalue weighted by Gasteiger charge is 2.46. The van der Waals surface area contributed by atoms with Crippen molar-refractivity contribution in [3.05, 3.63) is 29.3 Å². The van der Waals surface area contributed by atoms with Crippen molar-refractivity contribution in [2.24, 2.45) is 15.6 Å². The number of aliphatic carboxylic acids is 1. The number of amides is 1. The van der Waals surface area contributed by atoms with Crippen LogP contribution in [0, 0.1) is 12.3 Å². The minimum Gasteiger partial charge on any atom is -0.481 e. The van der Waals surface area contributed by atoms with Gasteiger partial charge in [0.2, 0.25) is 0 Å². The lowest BCUT2D eigenvalue weighted by Crippen LogP contribution is -2.37. The number of hydrogen-bond donors (Lipinski definition) is 3. The van der Waals surface area contributed by atoms with Crippen LogP contribution in [0.15, 0.2) is 28.4 Å². The molecule has 0 bridgehead atoms. The lowest BCUT2D eigenvalue weighted by Gasteiger charge is -2.20. The largest absolute Gasteiger partial charge is 0.481 e. The number of carboxylic acids is 1. The fourth-order valence-electron chi connectivity index (χ4n) is 3.27. The summed E-state index contributed by atoms with van der Waals surface area (Å²) in [5.41, 5.74) is 1.32. The quantitative estimate of drug-likeness (QED) is 0.579. The third kappa shape index (κ3) is 2.71. The van der Waals surface area contributed by atoms with Crippen molar-refractivity contribution in [3.8, 4) is 0 Å². The zero-order valence-corrected chi connectivity index (χ0v) is 13.9. The van der Waals surface area contributed by atoms with Crippen LogP contribution in [-0.2, 0) is 9.59 Å². The van der Waals surface area contributed by atoms with Gasteiger partial charge >= 0.3 is 5.97 Å². The van der Waals surface area contributed by atoms with E-state index in [4.69, 9.17) is 0 Å². The number of carboxylic acid groups (broad SMARTS) is 1. The normalized spacial score (nSPS) is 30.8. The van der Waals surface area contributed by atoms with Crippen LogP contribution >= 0.6 is 0 Å². The van der Waals surface area contributed by atoms with E-state index in [-0.39, 0.29) is 11.6 Å². The zero-order valence-electron chi connectivity index (χ0n) is 13.9. The second-order valence-corrected chi connectivity index (χ2v) is 6.96. The Morgan fingerprint density at radius 2 is 2.12 bits per heavy atom. The Morgan fingerprint density at radius 3 is 2.79 bits per heavy atom. The second-order valence-electron chi connectivity index (χ2n) is 6.96. The molecule has 1 aromatic carbocycles. The van der Waals surface area contributed by atoms with Crippen molar-refractivity contribution in [3.63, 3.8) is 0 Å². The van der Waals surface area contributed by atoms with Gasteiger partial charge < -0.3 is 15.7 Å². The number of fused-ring (bicyclic) bond motifs is 1. The summed E-state index contributed by atoms with van der Waals surface area (Å²) in [4.78, 5) is 23.4. The maximum Gasteiger partial charge on any atom is 0.310 e. The molecule has 0 saturated carbocycles. The van der Waals surface area contributed by atoms with Crippen molar-refractivity contribution in [2.75, 3.05) is 11.9 Å². The first kappa shape index (κ1) is 16.3. The van der Waals surface area contributed by atoms with Gasteiger partial charge in [-0.3, -0.25) is 9.59 Å². The summed E-state index contributed by atoms with van der Waals surface area (Å²) in [6.45, 7) is 5.86. The Labute approximate surface area is 139 Å². The summed E-state index contributed by atoms with van der Waals surface area (Å²) in [5, 5.41) is 23.4. The second kappa shape index (κ2) is 5.52. The first-order valence-electron chi connectivity index (χ1n) is 7.76. The van der Waals surface area contributed by atoms with Gasteiger partial charge in [0.1, 0.15) is 0 Å². The minimum absolute atomic E-state index is 0.280. The zero-order chi connectivity index (χ0) is 17.5. The van der Waals surface area contributed by atoms with E-state index in [0.29, 0.717) is 13.0 Å². The molecule has 2 aliphatic rings. The summed E-state index contributed by atoms with van der Waals surface area (Å²) in [6.07, 6.45) is 1.99. The molecule has 0 aromatic heterocycles. The van der Waals surface area contributed by atoms with Crippen molar-refractivity contribution in [1.82, 2.24) is 5.32 Å². The van der Waals surface area contributed by atoms with Gasteiger partial charge in [-0.1, -0.05) is 12.1 Å². The molecule has 7 heteroatoms. The molecule has 24 heavy (non-hydrogen) atoms. The topological polar surface area (TPSA) is 103 Å². The summed E-state index contributed by atoms with van der Waals surface area (Å²) >= 11 is 0. The first-order valence-corrected chi connectivity index (χ1v) is 7.76. The Balaban J connectivity index is 1.84. The van der Waals surface area contributed by atoms with E-state index in [1.54, 1.807) is 13.1 Å². The SMILES string of the molecule is Cc1cccc2c1/C(=N/N=C/C1(C)CC(C)(C(=O)O)CN1)C(=O)N2. The maximum atomic E-state index is 12.1. The number of carbonyl (C=O) groups is 2. The Morgan fingerprint density at radius 1 is 1.38 bits per heavy atom. The first-order chi connectivity index (χ1) is 11.2. The predicted octanol–water partition coefficient (Wildman–Crippen LogP) is 1.56. The van der Waals surface area contributed by atoms with Crippen LogP contribution in [0.1, 0.15) is 31.4 Å². The van der Waals surface area contributed by atoms with Crippen molar-refractivity contribution in [1.29, 1.82) is 0 Å². The van der Waals surface area contributed by atoms with Crippen LogP contribution in [0.2, 0.25) is 0 Å². The number of rotatable bonds is 3. The van der Waals surface area contributed by atoms with Crippen LogP contribution in [0.4, 0.5) is 5.69 Å². The minimum atomic E-state index is -0.835. The third-order valence-corrected chi connectivity index (χ3v) is 4.63. The predicted molar refractivity (Wildman–Crippen MR) is 91.6 cm³/mol. The molecule has 2 unspecified atom stereocenters. The average Bonchev–Trinajstić information content (AvgIpc) is 2.99. The van der Waals surface area contributed by atoms with E-state index in [0.717, 1.165) is 16.8 Å². The summed E-state index contributed by atoms with van der Waals surface area (Å²) < 4.78 is 0. The number of hydrogen-bond acceptors (Lipinski definition) is 5. The van der Waals surface area contributed by atoms with E-state index >= 15 is 0 Å². The van der Waals surface area contributed by atoms with E-state index in [2.05, 4.69) is 20.8 Å². The highest BCUT2D eigenvalue weighted by Crippen LogP contribution is 2.34. The van der Waals surface area contributed by atoms with E-state index < -0.39 is 16.9 Å². The van der Waals surface area contributed by atoms with Crippen molar-refractivity contribution < 1.29 is 14.7 Å². The van der Waals surface area contributed by atoms with Crippen LogP contribution in [0.25, 0.3) is 0 Å². The number of nitrogens with zero attached hydrogens (tertiary/aromatic N) is 2. The summed E-state index contributed by atoms with van der Waals surface area (Å²) in [6, 6.07) is 5.61. The van der Waals surface area contributed by atoms with E-state index in [9.17, 15) is 14.7 Å². The Kier molecular flexibility index (Phi) is 3.76.